The van der Waals surface area contributed by atoms with Gasteiger partial charge in [0.05, 0.1) is 36.2 Å². The van der Waals surface area contributed by atoms with Crippen LogP contribution in [0, 0.1) is 5.92 Å². The minimum Gasteiger partial charge on any atom is -0.381 e. The van der Waals surface area contributed by atoms with Crippen molar-refractivity contribution >= 4 is 39.2 Å². The Balaban J connectivity index is 1.42. The Labute approximate surface area is 180 Å². The molecule has 1 aliphatic carbocycles. The van der Waals surface area contributed by atoms with Crippen LogP contribution >= 0.6 is 11.5 Å². The first-order valence-electron chi connectivity index (χ1n) is 11.0. The normalized spacial score (nSPS) is 18.1. The smallest absolute Gasteiger partial charge is 0.230 e. The second-order valence-corrected chi connectivity index (χ2v) is 9.51. The standard InChI is InChI=1S/C21H29N7OS/c1-13(2)18-17-19(23-15-6-4-3-5-7-15)25-21(26-20(17)30-27-18)24-16-8-22-28(10-16)9-14-11-29-12-14/h8,10,13-15H,3-7,9,11-12H2,1-2H3,(H2,23,24,25,26). The molecule has 1 saturated heterocycles. The fourth-order valence-electron chi connectivity index (χ4n) is 4.18. The molecule has 8 nitrogen and oxygen atoms in total. The van der Waals surface area contributed by atoms with E-state index in [4.69, 9.17) is 19.1 Å². The third-order valence-electron chi connectivity index (χ3n) is 5.90. The molecule has 3 aromatic rings. The highest BCUT2D eigenvalue weighted by Gasteiger charge is 2.22. The van der Waals surface area contributed by atoms with E-state index in [1.807, 2.05) is 17.1 Å². The second kappa shape index (κ2) is 8.47. The van der Waals surface area contributed by atoms with Gasteiger partial charge in [-0.3, -0.25) is 4.68 Å². The van der Waals surface area contributed by atoms with Gasteiger partial charge in [-0.25, -0.2) is 0 Å². The maximum Gasteiger partial charge on any atom is 0.230 e. The molecule has 0 spiro atoms. The molecule has 0 amide bonds. The van der Waals surface area contributed by atoms with Gasteiger partial charge in [-0.2, -0.15) is 19.4 Å². The van der Waals surface area contributed by atoms with Gasteiger partial charge in [0.1, 0.15) is 5.82 Å². The van der Waals surface area contributed by atoms with Crippen LogP contribution in [0.4, 0.5) is 17.5 Å². The molecule has 9 heteroatoms. The minimum absolute atomic E-state index is 0.335. The molecule has 0 atom stereocenters. The van der Waals surface area contributed by atoms with Crippen molar-refractivity contribution in [3.63, 3.8) is 0 Å². The number of rotatable bonds is 7. The summed E-state index contributed by atoms with van der Waals surface area (Å²) < 4.78 is 11.9. The van der Waals surface area contributed by atoms with Crippen LogP contribution in [0.5, 0.6) is 0 Å². The van der Waals surface area contributed by atoms with Gasteiger partial charge in [-0.1, -0.05) is 33.1 Å². The van der Waals surface area contributed by atoms with Gasteiger partial charge in [0, 0.05) is 24.7 Å². The molecular formula is C21H29N7OS. The molecule has 30 heavy (non-hydrogen) atoms. The summed E-state index contributed by atoms with van der Waals surface area (Å²) in [5, 5.41) is 12.6. The van der Waals surface area contributed by atoms with Gasteiger partial charge < -0.3 is 15.4 Å². The van der Waals surface area contributed by atoms with E-state index in [-0.39, 0.29) is 0 Å². The lowest BCUT2D eigenvalue weighted by Crippen LogP contribution is -2.31. The average Bonchev–Trinajstić information content (AvgIpc) is 3.32. The number of nitrogens with one attached hydrogen (secondary N) is 2. The van der Waals surface area contributed by atoms with Gasteiger partial charge in [-0.15, -0.1) is 0 Å². The molecule has 0 radical (unpaired) electrons. The van der Waals surface area contributed by atoms with E-state index in [2.05, 4.69) is 29.6 Å². The Hall–Kier alpha value is -2.26. The zero-order chi connectivity index (χ0) is 20.5. The predicted octanol–water partition coefficient (Wildman–Crippen LogP) is 4.54. The Morgan fingerprint density at radius 3 is 2.77 bits per heavy atom. The molecule has 0 bridgehead atoms. The first-order chi connectivity index (χ1) is 14.7. The van der Waals surface area contributed by atoms with E-state index in [0.717, 1.165) is 47.2 Å². The molecule has 0 unspecified atom stereocenters. The number of nitrogens with zero attached hydrogens (tertiary/aromatic N) is 5. The molecule has 2 N–H and O–H groups in total. The van der Waals surface area contributed by atoms with Crippen LogP contribution < -0.4 is 10.6 Å². The summed E-state index contributed by atoms with van der Waals surface area (Å²) in [4.78, 5) is 10.6. The van der Waals surface area contributed by atoms with E-state index < -0.39 is 0 Å². The Morgan fingerprint density at radius 1 is 1.20 bits per heavy atom. The molecule has 0 aromatic carbocycles. The van der Waals surface area contributed by atoms with Crippen molar-refractivity contribution in [1.82, 2.24) is 24.1 Å². The first kappa shape index (κ1) is 19.7. The summed E-state index contributed by atoms with van der Waals surface area (Å²) in [5.74, 6) is 2.39. The zero-order valence-corrected chi connectivity index (χ0v) is 18.4. The van der Waals surface area contributed by atoms with Crippen LogP contribution in [0.1, 0.15) is 57.6 Å². The number of aromatic nitrogens is 5. The fourth-order valence-corrected chi connectivity index (χ4v) is 5.09. The quantitative estimate of drug-likeness (QED) is 0.572. The highest BCUT2D eigenvalue weighted by Crippen LogP contribution is 2.34. The van der Waals surface area contributed by atoms with Crippen LogP contribution in [0.2, 0.25) is 0 Å². The van der Waals surface area contributed by atoms with Crippen molar-refractivity contribution in [2.45, 2.75) is 64.5 Å². The maximum absolute atomic E-state index is 5.26. The fraction of sp³-hybridized carbons (Fsp3) is 0.619. The minimum atomic E-state index is 0.335. The van der Waals surface area contributed by atoms with Crippen molar-refractivity contribution in [2.75, 3.05) is 23.8 Å². The van der Waals surface area contributed by atoms with Crippen LogP contribution in [0.3, 0.4) is 0 Å². The number of anilines is 3. The van der Waals surface area contributed by atoms with Crippen molar-refractivity contribution < 1.29 is 4.74 Å². The number of hydrogen-bond acceptors (Lipinski definition) is 8. The SMILES string of the molecule is CC(C)c1nsc2nc(Nc3cnn(CC4COC4)c3)nc(NC3CCCCC3)c12. The van der Waals surface area contributed by atoms with Crippen molar-refractivity contribution in [3.8, 4) is 0 Å². The highest BCUT2D eigenvalue weighted by molar-refractivity contribution is 7.13. The largest absolute Gasteiger partial charge is 0.381 e. The molecular weight excluding hydrogens is 398 g/mol. The Kier molecular flexibility index (Phi) is 5.56. The Morgan fingerprint density at radius 2 is 2.03 bits per heavy atom. The van der Waals surface area contributed by atoms with E-state index in [1.54, 1.807) is 0 Å². The first-order valence-corrected chi connectivity index (χ1v) is 11.7. The summed E-state index contributed by atoms with van der Waals surface area (Å²) in [6.45, 7) is 6.87. The third kappa shape index (κ3) is 4.13. The van der Waals surface area contributed by atoms with Crippen molar-refractivity contribution in [2.24, 2.45) is 5.92 Å². The third-order valence-corrected chi connectivity index (χ3v) is 6.65. The molecule has 1 aliphatic heterocycles. The molecule has 3 aromatic heterocycles. The summed E-state index contributed by atoms with van der Waals surface area (Å²) in [7, 11) is 0. The topological polar surface area (TPSA) is 89.8 Å². The summed E-state index contributed by atoms with van der Waals surface area (Å²) in [6, 6.07) is 0.469. The van der Waals surface area contributed by atoms with Gasteiger partial charge in [0.2, 0.25) is 5.95 Å². The van der Waals surface area contributed by atoms with Crippen LogP contribution in [-0.4, -0.2) is 43.4 Å². The maximum atomic E-state index is 5.26. The lowest BCUT2D eigenvalue weighted by Gasteiger charge is -2.25. The summed E-state index contributed by atoms with van der Waals surface area (Å²) in [5.41, 5.74) is 1.97. The van der Waals surface area contributed by atoms with E-state index >= 15 is 0 Å². The van der Waals surface area contributed by atoms with Gasteiger partial charge >= 0.3 is 0 Å². The lowest BCUT2D eigenvalue weighted by molar-refractivity contribution is -0.0408. The predicted molar refractivity (Wildman–Crippen MR) is 120 cm³/mol. The van der Waals surface area contributed by atoms with Gasteiger partial charge in [0.15, 0.2) is 4.83 Å². The van der Waals surface area contributed by atoms with E-state index in [9.17, 15) is 0 Å². The molecule has 160 valence electrons. The average molecular weight is 428 g/mol. The molecule has 5 rings (SSSR count). The number of hydrogen-bond donors (Lipinski definition) is 2. The number of fused-ring (bicyclic) bond motifs is 1. The number of ether oxygens (including phenoxy) is 1. The van der Waals surface area contributed by atoms with Crippen LogP contribution in [0.15, 0.2) is 12.4 Å². The zero-order valence-electron chi connectivity index (χ0n) is 17.6. The molecule has 2 aliphatic rings. The van der Waals surface area contributed by atoms with E-state index in [1.165, 1.54) is 43.6 Å². The molecule has 2 fully saturated rings. The summed E-state index contributed by atoms with van der Waals surface area (Å²) >= 11 is 1.45. The lowest BCUT2D eigenvalue weighted by atomic mass is 9.95. The monoisotopic (exact) mass is 427 g/mol. The van der Waals surface area contributed by atoms with Crippen LogP contribution in [-0.2, 0) is 11.3 Å². The molecule has 1 saturated carbocycles. The van der Waals surface area contributed by atoms with E-state index in [0.29, 0.717) is 23.8 Å². The second-order valence-electron chi connectivity index (χ2n) is 8.76. The van der Waals surface area contributed by atoms with Crippen molar-refractivity contribution in [1.29, 1.82) is 0 Å². The Bertz CT molecular complexity index is 1000. The molecule has 4 heterocycles. The highest BCUT2D eigenvalue weighted by atomic mass is 32.1. The van der Waals surface area contributed by atoms with Gasteiger partial charge in [0.25, 0.3) is 0 Å². The summed E-state index contributed by atoms with van der Waals surface area (Å²) in [6.07, 6.45) is 10.1. The van der Waals surface area contributed by atoms with Crippen molar-refractivity contribution in [3.05, 3.63) is 18.1 Å². The van der Waals surface area contributed by atoms with Crippen LogP contribution in [0.25, 0.3) is 10.2 Å². The van der Waals surface area contributed by atoms with Gasteiger partial charge in [-0.05, 0) is 30.3 Å².